The Morgan fingerprint density at radius 1 is 0.509 bits per heavy atom. The van der Waals surface area contributed by atoms with Crippen LogP contribution in [0.2, 0.25) is 0 Å². The van der Waals surface area contributed by atoms with Gasteiger partial charge < -0.3 is 4.90 Å². The van der Waals surface area contributed by atoms with Crippen LogP contribution in [0.5, 0.6) is 0 Å². The van der Waals surface area contributed by atoms with E-state index in [2.05, 4.69) is 158 Å². The normalized spacial score (nSPS) is 21.2. The van der Waals surface area contributed by atoms with E-state index in [0.29, 0.717) is 11.8 Å². The molecule has 1 nitrogen and oxygen atoms in total. The molecule has 3 fully saturated rings. The fourth-order valence-corrected chi connectivity index (χ4v) is 11.7. The van der Waals surface area contributed by atoms with E-state index in [1.165, 1.54) is 141 Å². The van der Waals surface area contributed by atoms with Crippen LogP contribution in [0, 0.1) is 11.8 Å². The van der Waals surface area contributed by atoms with Gasteiger partial charge >= 0.3 is 0 Å². The van der Waals surface area contributed by atoms with E-state index in [0.717, 1.165) is 11.8 Å². The summed E-state index contributed by atoms with van der Waals surface area (Å²) in [6, 6.07) is 54.1. The topological polar surface area (TPSA) is 3.24 Å². The second kappa shape index (κ2) is 13.0. The summed E-state index contributed by atoms with van der Waals surface area (Å²) in [5, 5.41) is 5.23. The van der Waals surface area contributed by atoms with Crippen LogP contribution >= 0.6 is 0 Å². The fraction of sp³-hybridized carbons (Fsp3) is 0.296. The number of rotatable bonds is 6. The second-order valence-corrected chi connectivity index (χ2v) is 17.9. The van der Waals surface area contributed by atoms with Crippen LogP contribution in [-0.4, -0.2) is 0 Å². The van der Waals surface area contributed by atoms with E-state index in [4.69, 9.17) is 0 Å². The predicted molar refractivity (Wildman–Crippen MR) is 233 cm³/mol. The number of anilines is 3. The van der Waals surface area contributed by atoms with Crippen molar-refractivity contribution in [2.24, 2.45) is 11.8 Å². The predicted octanol–water partition coefficient (Wildman–Crippen LogP) is 15.4. The molecule has 0 aromatic heterocycles. The summed E-state index contributed by atoms with van der Waals surface area (Å²) in [6.07, 6.45) is 12.4. The molecule has 4 aliphatic carbocycles. The molecular weight excluding hydrogens is 663 g/mol. The van der Waals surface area contributed by atoms with Crippen molar-refractivity contribution in [3.05, 3.63) is 162 Å². The lowest BCUT2D eigenvalue weighted by Gasteiger charge is -2.31. The summed E-state index contributed by atoms with van der Waals surface area (Å²) < 4.78 is 0. The third kappa shape index (κ3) is 5.41. The molecule has 3 unspecified atom stereocenters. The summed E-state index contributed by atoms with van der Waals surface area (Å²) in [5.74, 6) is 3.20. The molecule has 0 N–H and O–H groups in total. The molecule has 7 aromatic rings. The van der Waals surface area contributed by atoms with Gasteiger partial charge in [-0.1, -0.05) is 149 Å². The van der Waals surface area contributed by atoms with Crippen LogP contribution in [-0.2, 0) is 5.41 Å². The summed E-state index contributed by atoms with van der Waals surface area (Å²) in [4.78, 5) is 2.58. The number of hydrogen-bond acceptors (Lipinski definition) is 1. The zero-order valence-corrected chi connectivity index (χ0v) is 32.4. The maximum Gasteiger partial charge on any atom is 0.0540 e. The van der Waals surface area contributed by atoms with E-state index in [1.54, 1.807) is 0 Å². The van der Waals surface area contributed by atoms with Gasteiger partial charge in [-0.05, 0) is 147 Å². The Labute approximate surface area is 327 Å². The van der Waals surface area contributed by atoms with Crippen LogP contribution in [0.3, 0.4) is 0 Å². The summed E-state index contributed by atoms with van der Waals surface area (Å²) >= 11 is 0. The Morgan fingerprint density at radius 3 is 2.09 bits per heavy atom. The number of nitrogens with zero attached hydrogens (tertiary/aromatic N) is 1. The summed E-state index contributed by atoms with van der Waals surface area (Å²) in [7, 11) is 0. The Hall–Kier alpha value is -5.14. The van der Waals surface area contributed by atoms with E-state index < -0.39 is 0 Å². The van der Waals surface area contributed by atoms with Crippen molar-refractivity contribution in [2.75, 3.05) is 4.90 Å². The zero-order chi connectivity index (χ0) is 36.7. The van der Waals surface area contributed by atoms with Gasteiger partial charge in [-0.3, -0.25) is 0 Å². The Balaban J connectivity index is 1.14. The van der Waals surface area contributed by atoms with Gasteiger partial charge in [0.25, 0.3) is 0 Å². The monoisotopic (exact) mass is 713 g/mol. The highest BCUT2D eigenvalue weighted by molar-refractivity contribution is 6.05. The standard InChI is InChI=1S/C54H51N/c1-54(2)50-20-9-8-18-47(50)53-49(46-19-10-15-37-14-6-7-17-44(37)46)33-43(34-51(53)54)55(42-27-24-38(25-28-42)48-31-35-22-23-41(48)30-35)52-21-11-16-40-32-39(26-29-45(40)52)36-12-4-3-5-13-36/h6-11,14-21,24-29,32-36,41,48H,3-5,12-13,22-23,30-31H2,1-2H3. The molecule has 11 rings (SSSR count). The smallest absolute Gasteiger partial charge is 0.0540 e. The molecule has 55 heavy (non-hydrogen) atoms. The molecule has 2 bridgehead atoms. The first-order chi connectivity index (χ1) is 27.0. The Bertz CT molecular complexity index is 2580. The summed E-state index contributed by atoms with van der Waals surface area (Å²) in [6.45, 7) is 4.85. The van der Waals surface area contributed by atoms with Crippen LogP contribution in [0.4, 0.5) is 17.1 Å². The average molecular weight is 714 g/mol. The van der Waals surface area contributed by atoms with Crippen molar-refractivity contribution >= 4 is 38.6 Å². The minimum Gasteiger partial charge on any atom is -0.310 e. The molecule has 0 radical (unpaired) electrons. The van der Waals surface area contributed by atoms with Gasteiger partial charge in [-0.25, -0.2) is 0 Å². The first-order valence-corrected chi connectivity index (χ1v) is 21.2. The van der Waals surface area contributed by atoms with Crippen molar-refractivity contribution in [3.8, 4) is 22.3 Å². The quantitative estimate of drug-likeness (QED) is 0.166. The minimum atomic E-state index is -0.147. The van der Waals surface area contributed by atoms with Gasteiger partial charge in [0.15, 0.2) is 0 Å². The Kier molecular flexibility index (Phi) is 7.84. The third-order valence-corrected chi connectivity index (χ3v) is 14.5. The molecule has 1 heteroatoms. The fourth-order valence-electron chi connectivity index (χ4n) is 11.7. The van der Waals surface area contributed by atoms with Crippen molar-refractivity contribution in [1.29, 1.82) is 0 Å². The highest BCUT2D eigenvalue weighted by Crippen LogP contribution is 2.56. The van der Waals surface area contributed by atoms with Crippen LogP contribution in [0.1, 0.15) is 106 Å². The van der Waals surface area contributed by atoms with E-state index in [-0.39, 0.29) is 5.41 Å². The lowest BCUT2D eigenvalue weighted by atomic mass is 9.81. The Morgan fingerprint density at radius 2 is 1.25 bits per heavy atom. The number of hydrogen-bond donors (Lipinski definition) is 0. The molecule has 7 aromatic carbocycles. The minimum absolute atomic E-state index is 0.147. The van der Waals surface area contributed by atoms with E-state index >= 15 is 0 Å². The maximum absolute atomic E-state index is 2.58. The van der Waals surface area contributed by atoms with Gasteiger partial charge in [-0.2, -0.15) is 0 Å². The largest absolute Gasteiger partial charge is 0.310 e. The molecular formula is C54H51N. The van der Waals surface area contributed by atoms with Crippen LogP contribution in [0.15, 0.2) is 140 Å². The highest BCUT2D eigenvalue weighted by atomic mass is 15.1. The SMILES string of the molecule is CC1(C)c2ccccc2-c2c(-c3cccc4ccccc34)cc(N(c3ccc(C4CC5CCC4C5)cc3)c3cccc4cc(C5CCCCC5)ccc34)cc21. The van der Waals surface area contributed by atoms with Gasteiger partial charge in [0, 0.05) is 22.2 Å². The first kappa shape index (κ1) is 33.2. The van der Waals surface area contributed by atoms with Gasteiger partial charge in [0.05, 0.1) is 5.69 Å². The zero-order valence-electron chi connectivity index (χ0n) is 32.4. The van der Waals surface area contributed by atoms with E-state index in [1.807, 2.05) is 0 Å². The maximum atomic E-state index is 2.58. The molecule has 3 saturated carbocycles. The number of benzene rings is 7. The molecule has 0 spiro atoms. The molecule has 0 heterocycles. The third-order valence-electron chi connectivity index (χ3n) is 14.5. The molecule has 0 aliphatic heterocycles. The first-order valence-electron chi connectivity index (χ1n) is 21.2. The van der Waals surface area contributed by atoms with E-state index in [9.17, 15) is 0 Å². The van der Waals surface area contributed by atoms with Gasteiger partial charge in [0.2, 0.25) is 0 Å². The average Bonchev–Trinajstić information content (AvgIpc) is 3.94. The van der Waals surface area contributed by atoms with Crippen LogP contribution < -0.4 is 4.90 Å². The van der Waals surface area contributed by atoms with Crippen LogP contribution in [0.25, 0.3) is 43.8 Å². The molecule has 4 aliphatic rings. The molecule has 0 amide bonds. The van der Waals surface area contributed by atoms with Crippen molar-refractivity contribution in [2.45, 2.75) is 88.9 Å². The molecule has 0 saturated heterocycles. The van der Waals surface area contributed by atoms with Crippen molar-refractivity contribution in [1.82, 2.24) is 0 Å². The molecule has 3 atom stereocenters. The summed E-state index contributed by atoms with van der Waals surface area (Å²) in [5.41, 5.74) is 14.8. The van der Waals surface area contributed by atoms with Gasteiger partial charge in [0.1, 0.15) is 0 Å². The van der Waals surface area contributed by atoms with Crippen molar-refractivity contribution in [3.63, 3.8) is 0 Å². The van der Waals surface area contributed by atoms with Crippen molar-refractivity contribution < 1.29 is 0 Å². The highest BCUT2D eigenvalue weighted by Gasteiger charge is 2.41. The molecule has 272 valence electrons. The second-order valence-electron chi connectivity index (χ2n) is 17.9. The lowest BCUT2D eigenvalue weighted by molar-refractivity contribution is 0.420. The van der Waals surface area contributed by atoms with Gasteiger partial charge in [-0.15, -0.1) is 0 Å². The lowest BCUT2D eigenvalue weighted by Crippen LogP contribution is -2.17. The number of fused-ring (bicyclic) bond motifs is 7.